The summed E-state index contributed by atoms with van der Waals surface area (Å²) in [5, 5.41) is 7.84. The Morgan fingerprint density at radius 2 is 1.85 bits per heavy atom. The first-order valence-corrected chi connectivity index (χ1v) is 8.65. The van der Waals surface area contributed by atoms with Gasteiger partial charge in [0.2, 0.25) is 5.82 Å². The van der Waals surface area contributed by atoms with E-state index in [-0.39, 0.29) is 11.7 Å². The van der Waals surface area contributed by atoms with Crippen LogP contribution in [0.1, 0.15) is 24.0 Å². The summed E-state index contributed by atoms with van der Waals surface area (Å²) in [7, 11) is 1.61. The Balaban J connectivity index is 2.05. The third-order valence-corrected chi connectivity index (χ3v) is 4.02. The molecule has 7 heteroatoms. The van der Waals surface area contributed by atoms with E-state index in [0.29, 0.717) is 17.4 Å². The Labute approximate surface area is 156 Å². The van der Waals surface area contributed by atoms with Crippen molar-refractivity contribution in [2.24, 2.45) is 0 Å². The fraction of sp³-hybridized carbons (Fsp3) is 0.211. The normalized spacial score (nSPS) is 10.6. The van der Waals surface area contributed by atoms with Crippen molar-refractivity contribution in [2.75, 3.05) is 13.7 Å². The molecule has 0 fully saturated rings. The Kier molecular flexibility index (Phi) is 5.53. The van der Waals surface area contributed by atoms with Crippen molar-refractivity contribution in [1.82, 2.24) is 20.1 Å². The number of ether oxygens (including phenoxy) is 1. The van der Waals surface area contributed by atoms with Crippen molar-refractivity contribution in [1.29, 1.82) is 0 Å². The first-order chi connectivity index (χ1) is 12.6. The van der Waals surface area contributed by atoms with Crippen LogP contribution in [0.3, 0.4) is 0 Å². The molecule has 0 saturated heterocycles. The zero-order valence-corrected chi connectivity index (χ0v) is 15.3. The Hall–Kier alpha value is -2.86. The van der Waals surface area contributed by atoms with Gasteiger partial charge in [0, 0.05) is 17.1 Å². The predicted octanol–water partition coefficient (Wildman–Crippen LogP) is 3.74. The van der Waals surface area contributed by atoms with Gasteiger partial charge in [0.15, 0.2) is 5.82 Å². The number of nitrogens with one attached hydrogen (secondary N) is 1. The highest BCUT2D eigenvalue weighted by Gasteiger charge is 2.18. The highest BCUT2D eigenvalue weighted by Crippen LogP contribution is 2.24. The van der Waals surface area contributed by atoms with Crippen LogP contribution in [0.2, 0.25) is 5.02 Å². The number of aromatic nitrogens is 3. The monoisotopic (exact) mass is 370 g/mol. The molecule has 2 aromatic carbocycles. The lowest BCUT2D eigenvalue weighted by Gasteiger charge is -2.07. The van der Waals surface area contributed by atoms with E-state index in [9.17, 15) is 4.79 Å². The number of benzene rings is 2. The van der Waals surface area contributed by atoms with Gasteiger partial charge in [-0.05, 0) is 55.0 Å². The fourth-order valence-electron chi connectivity index (χ4n) is 2.42. The smallest absolute Gasteiger partial charge is 0.290 e. The van der Waals surface area contributed by atoms with Gasteiger partial charge in [0.05, 0.1) is 12.8 Å². The number of carbonyl (C=O) groups is 1. The van der Waals surface area contributed by atoms with Crippen LogP contribution < -0.4 is 10.1 Å². The summed E-state index contributed by atoms with van der Waals surface area (Å²) in [4.78, 5) is 16.7. The quantitative estimate of drug-likeness (QED) is 0.717. The minimum atomic E-state index is -0.297. The molecule has 6 nitrogen and oxygen atoms in total. The zero-order chi connectivity index (χ0) is 18.5. The lowest BCUT2D eigenvalue weighted by Crippen LogP contribution is -2.25. The van der Waals surface area contributed by atoms with Gasteiger partial charge >= 0.3 is 0 Å². The lowest BCUT2D eigenvalue weighted by atomic mass is 10.2. The SMILES string of the molecule is CCCNC(=O)c1nc(-c2ccc(Cl)cc2)n(-c2ccc(OC)cc2)n1. The van der Waals surface area contributed by atoms with Gasteiger partial charge in [-0.3, -0.25) is 4.79 Å². The topological polar surface area (TPSA) is 69.0 Å². The molecule has 0 unspecified atom stereocenters. The number of rotatable bonds is 6. The van der Waals surface area contributed by atoms with Gasteiger partial charge in [0.1, 0.15) is 5.75 Å². The molecule has 3 rings (SSSR count). The zero-order valence-electron chi connectivity index (χ0n) is 14.6. The maximum atomic E-state index is 12.3. The van der Waals surface area contributed by atoms with E-state index in [0.717, 1.165) is 23.4 Å². The van der Waals surface area contributed by atoms with Crippen molar-refractivity contribution >= 4 is 17.5 Å². The first kappa shape index (κ1) is 17.9. The highest BCUT2D eigenvalue weighted by atomic mass is 35.5. The van der Waals surface area contributed by atoms with Crippen LogP contribution in [0.25, 0.3) is 17.1 Å². The van der Waals surface area contributed by atoms with E-state index < -0.39 is 0 Å². The molecule has 1 N–H and O–H groups in total. The molecular weight excluding hydrogens is 352 g/mol. The molecule has 26 heavy (non-hydrogen) atoms. The van der Waals surface area contributed by atoms with E-state index in [1.165, 1.54) is 0 Å². The number of amides is 1. The minimum Gasteiger partial charge on any atom is -0.497 e. The molecule has 0 aliphatic rings. The van der Waals surface area contributed by atoms with Crippen LogP contribution in [0.15, 0.2) is 48.5 Å². The van der Waals surface area contributed by atoms with Crippen LogP contribution in [-0.4, -0.2) is 34.3 Å². The number of carbonyl (C=O) groups excluding carboxylic acids is 1. The Bertz CT molecular complexity index is 889. The number of methoxy groups -OCH3 is 1. The number of hydrogen-bond acceptors (Lipinski definition) is 4. The van der Waals surface area contributed by atoms with Gasteiger partial charge in [-0.15, -0.1) is 5.10 Å². The van der Waals surface area contributed by atoms with Crippen LogP contribution in [0.5, 0.6) is 5.75 Å². The maximum Gasteiger partial charge on any atom is 0.290 e. The maximum absolute atomic E-state index is 12.3. The number of nitrogens with zero attached hydrogens (tertiary/aromatic N) is 3. The van der Waals surface area contributed by atoms with Gasteiger partial charge in [-0.25, -0.2) is 9.67 Å². The average molecular weight is 371 g/mol. The van der Waals surface area contributed by atoms with Crippen molar-refractivity contribution in [2.45, 2.75) is 13.3 Å². The van der Waals surface area contributed by atoms with E-state index in [1.54, 1.807) is 23.9 Å². The van der Waals surface area contributed by atoms with Gasteiger partial charge < -0.3 is 10.1 Å². The summed E-state index contributed by atoms with van der Waals surface area (Å²) in [5.41, 5.74) is 1.59. The molecule has 1 heterocycles. The van der Waals surface area contributed by atoms with Crippen LogP contribution in [0.4, 0.5) is 0 Å². The third-order valence-electron chi connectivity index (χ3n) is 3.77. The summed E-state index contributed by atoms with van der Waals surface area (Å²) in [5.74, 6) is 1.13. The standard InChI is InChI=1S/C19H19ClN4O2/c1-3-12-21-19(25)17-22-18(13-4-6-14(20)7-5-13)24(23-17)15-8-10-16(26-2)11-9-15/h4-11H,3,12H2,1-2H3,(H,21,25). The molecule has 0 bridgehead atoms. The summed E-state index contributed by atoms with van der Waals surface area (Å²) in [6.45, 7) is 2.56. The van der Waals surface area contributed by atoms with E-state index in [1.807, 2.05) is 43.3 Å². The number of hydrogen-bond donors (Lipinski definition) is 1. The largest absolute Gasteiger partial charge is 0.497 e. The first-order valence-electron chi connectivity index (χ1n) is 8.28. The second kappa shape index (κ2) is 8.01. The molecule has 3 aromatic rings. The molecular formula is C19H19ClN4O2. The molecule has 0 atom stereocenters. The lowest BCUT2D eigenvalue weighted by molar-refractivity contribution is 0.0943. The van der Waals surface area contributed by atoms with Crippen LogP contribution >= 0.6 is 11.6 Å². The van der Waals surface area contributed by atoms with Crippen molar-refractivity contribution in [3.63, 3.8) is 0 Å². The fourth-order valence-corrected chi connectivity index (χ4v) is 2.54. The number of halogens is 1. The molecule has 134 valence electrons. The molecule has 1 amide bonds. The Morgan fingerprint density at radius 3 is 2.46 bits per heavy atom. The molecule has 0 aliphatic heterocycles. The van der Waals surface area contributed by atoms with Gasteiger partial charge in [0.25, 0.3) is 5.91 Å². The summed E-state index contributed by atoms with van der Waals surface area (Å²) < 4.78 is 6.84. The van der Waals surface area contributed by atoms with E-state index in [2.05, 4.69) is 15.4 Å². The van der Waals surface area contributed by atoms with E-state index in [4.69, 9.17) is 16.3 Å². The van der Waals surface area contributed by atoms with Crippen molar-refractivity contribution in [3.05, 3.63) is 59.4 Å². The molecule has 1 aromatic heterocycles. The van der Waals surface area contributed by atoms with Crippen molar-refractivity contribution < 1.29 is 9.53 Å². The summed E-state index contributed by atoms with van der Waals surface area (Å²) in [6.07, 6.45) is 0.842. The average Bonchev–Trinajstić information content (AvgIpc) is 3.12. The molecule has 0 radical (unpaired) electrons. The highest BCUT2D eigenvalue weighted by molar-refractivity contribution is 6.30. The Morgan fingerprint density at radius 1 is 1.15 bits per heavy atom. The minimum absolute atomic E-state index is 0.124. The van der Waals surface area contributed by atoms with Gasteiger partial charge in [-0.2, -0.15) is 0 Å². The van der Waals surface area contributed by atoms with Crippen molar-refractivity contribution in [3.8, 4) is 22.8 Å². The molecule has 0 aliphatic carbocycles. The van der Waals surface area contributed by atoms with Gasteiger partial charge in [-0.1, -0.05) is 18.5 Å². The molecule has 0 saturated carbocycles. The predicted molar refractivity (Wildman–Crippen MR) is 101 cm³/mol. The van der Waals surface area contributed by atoms with E-state index >= 15 is 0 Å². The summed E-state index contributed by atoms with van der Waals surface area (Å²) >= 11 is 5.98. The summed E-state index contributed by atoms with van der Waals surface area (Å²) in [6, 6.07) is 14.6. The van der Waals surface area contributed by atoms with Crippen LogP contribution in [-0.2, 0) is 0 Å². The second-order valence-electron chi connectivity index (χ2n) is 5.63. The molecule has 0 spiro atoms. The van der Waals surface area contributed by atoms with Crippen LogP contribution in [0, 0.1) is 0 Å². The second-order valence-corrected chi connectivity index (χ2v) is 6.07. The third kappa shape index (κ3) is 3.86.